The molecule has 2 heteroatoms. The monoisotopic (exact) mass is 156 g/mol. The van der Waals surface area contributed by atoms with Crippen molar-refractivity contribution in [3.05, 3.63) is 0 Å². The fourth-order valence-corrected chi connectivity index (χ4v) is 1.80. The highest BCUT2D eigenvalue weighted by Gasteiger charge is 2.20. The normalized spacial score (nSPS) is 26.2. The summed E-state index contributed by atoms with van der Waals surface area (Å²) in [4.78, 5) is 0. The van der Waals surface area contributed by atoms with Crippen molar-refractivity contribution in [3.63, 3.8) is 0 Å². The molecule has 1 fully saturated rings. The number of hydrogen-bond acceptors (Lipinski definition) is 2. The number of unbranched alkanes of at least 4 members (excludes halogenated alkanes) is 2. The Labute approximate surface area is 69.7 Å². The standard InChI is InChI=1S/C9H20N2/c1-2-3-4-6-9-7-5-8-11(9)10/h9H,2-8,10H2,1H3. The lowest BCUT2D eigenvalue weighted by atomic mass is 10.1. The van der Waals surface area contributed by atoms with Crippen molar-refractivity contribution < 1.29 is 0 Å². The molecule has 1 aliphatic rings. The second kappa shape index (κ2) is 4.73. The maximum absolute atomic E-state index is 5.79. The Morgan fingerprint density at radius 2 is 2.27 bits per heavy atom. The Balaban J connectivity index is 2.05. The molecule has 1 rings (SSSR count). The molecule has 0 bridgehead atoms. The number of hydrogen-bond donors (Lipinski definition) is 1. The molecule has 1 saturated heterocycles. The molecule has 0 aliphatic carbocycles. The van der Waals surface area contributed by atoms with Crippen molar-refractivity contribution in [2.45, 2.75) is 51.5 Å². The molecule has 0 aromatic heterocycles. The average molecular weight is 156 g/mol. The first kappa shape index (κ1) is 9.01. The molecule has 2 N–H and O–H groups in total. The molecule has 0 radical (unpaired) electrons. The van der Waals surface area contributed by atoms with Crippen LogP contribution in [0.3, 0.4) is 0 Å². The van der Waals surface area contributed by atoms with Crippen molar-refractivity contribution >= 4 is 0 Å². The Hall–Kier alpha value is -0.0800. The maximum Gasteiger partial charge on any atom is 0.0241 e. The first-order chi connectivity index (χ1) is 5.34. The molecule has 2 nitrogen and oxygen atoms in total. The lowest BCUT2D eigenvalue weighted by Gasteiger charge is -2.18. The van der Waals surface area contributed by atoms with Crippen LogP contribution in [0.15, 0.2) is 0 Å². The van der Waals surface area contributed by atoms with Crippen molar-refractivity contribution in [2.24, 2.45) is 5.84 Å². The van der Waals surface area contributed by atoms with Crippen LogP contribution in [-0.2, 0) is 0 Å². The summed E-state index contributed by atoms with van der Waals surface area (Å²) in [6, 6.07) is 0.696. The van der Waals surface area contributed by atoms with Gasteiger partial charge in [0.1, 0.15) is 0 Å². The minimum Gasteiger partial charge on any atom is -0.269 e. The second-order valence-corrected chi connectivity index (χ2v) is 3.53. The fourth-order valence-electron chi connectivity index (χ4n) is 1.80. The van der Waals surface area contributed by atoms with E-state index in [0.717, 1.165) is 6.54 Å². The van der Waals surface area contributed by atoms with Gasteiger partial charge in [-0.15, -0.1) is 0 Å². The van der Waals surface area contributed by atoms with Crippen molar-refractivity contribution in [2.75, 3.05) is 6.54 Å². The van der Waals surface area contributed by atoms with E-state index in [2.05, 4.69) is 6.92 Å². The minimum absolute atomic E-state index is 0.696. The van der Waals surface area contributed by atoms with Crippen LogP contribution in [0.5, 0.6) is 0 Å². The number of nitrogens with zero attached hydrogens (tertiary/aromatic N) is 1. The van der Waals surface area contributed by atoms with Gasteiger partial charge in [-0.05, 0) is 19.3 Å². The van der Waals surface area contributed by atoms with Gasteiger partial charge in [0.25, 0.3) is 0 Å². The summed E-state index contributed by atoms with van der Waals surface area (Å²) in [5.74, 6) is 5.79. The van der Waals surface area contributed by atoms with Crippen LogP contribution < -0.4 is 5.84 Å². The maximum atomic E-state index is 5.79. The topological polar surface area (TPSA) is 29.3 Å². The molecule has 1 unspecified atom stereocenters. The molecular formula is C9H20N2. The van der Waals surface area contributed by atoms with E-state index in [1.54, 1.807) is 0 Å². The van der Waals surface area contributed by atoms with Gasteiger partial charge in [0.15, 0.2) is 0 Å². The van der Waals surface area contributed by atoms with Crippen LogP contribution >= 0.6 is 0 Å². The predicted octanol–water partition coefficient (Wildman–Crippen LogP) is 1.90. The van der Waals surface area contributed by atoms with Crippen molar-refractivity contribution in [1.29, 1.82) is 0 Å². The third-order valence-corrected chi connectivity index (χ3v) is 2.56. The third kappa shape index (κ3) is 2.80. The van der Waals surface area contributed by atoms with E-state index in [1.165, 1.54) is 38.5 Å². The average Bonchev–Trinajstić information content (AvgIpc) is 2.37. The highest BCUT2D eigenvalue weighted by atomic mass is 15.4. The molecule has 0 spiro atoms. The van der Waals surface area contributed by atoms with Gasteiger partial charge < -0.3 is 0 Å². The van der Waals surface area contributed by atoms with Crippen LogP contribution in [-0.4, -0.2) is 17.6 Å². The fraction of sp³-hybridized carbons (Fsp3) is 1.00. The Bertz CT molecular complexity index is 104. The van der Waals surface area contributed by atoms with E-state index in [1.807, 2.05) is 5.01 Å². The van der Waals surface area contributed by atoms with E-state index in [4.69, 9.17) is 5.84 Å². The Morgan fingerprint density at radius 3 is 2.82 bits per heavy atom. The molecule has 1 aliphatic heterocycles. The summed E-state index contributed by atoms with van der Waals surface area (Å²) < 4.78 is 0. The van der Waals surface area contributed by atoms with E-state index in [0.29, 0.717) is 6.04 Å². The molecule has 1 heterocycles. The van der Waals surface area contributed by atoms with Crippen LogP contribution in [0.2, 0.25) is 0 Å². The van der Waals surface area contributed by atoms with Gasteiger partial charge in [-0.25, -0.2) is 5.01 Å². The van der Waals surface area contributed by atoms with E-state index in [-0.39, 0.29) is 0 Å². The molecule has 66 valence electrons. The molecule has 1 atom stereocenters. The molecule has 0 aromatic carbocycles. The Morgan fingerprint density at radius 1 is 1.45 bits per heavy atom. The molecule has 0 aromatic rings. The summed E-state index contributed by atoms with van der Waals surface area (Å²) >= 11 is 0. The molecule has 11 heavy (non-hydrogen) atoms. The van der Waals surface area contributed by atoms with Crippen LogP contribution in [0.25, 0.3) is 0 Å². The highest BCUT2D eigenvalue weighted by Crippen LogP contribution is 2.18. The number of hydrazine groups is 1. The summed E-state index contributed by atoms with van der Waals surface area (Å²) in [6.07, 6.45) is 7.97. The van der Waals surface area contributed by atoms with Gasteiger partial charge in [0.05, 0.1) is 0 Å². The summed E-state index contributed by atoms with van der Waals surface area (Å²) in [6.45, 7) is 3.35. The first-order valence-corrected chi connectivity index (χ1v) is 4.86. The van der Waals surface area contributed by atoms with E-state index >= 15 is 0 Å². The van der Waals surface area contributed by atoms with Crippen molar-refractivity contribution in [3.8, 4) is 0 Å². The largest absolute Gasteiger partial charge is 0.269 e. The number of nitrogens with two attached hydrogens (primary N) is 1. The predicted molar refractivity (Wildman–Crippen MR) is 48.1 cm³/mol. The van der Waals surface area contributed by atoms with Crippen molar-refractivity contribution in [1.82, 2.24) is 5.01 Å². The first-order valence-electron chi connectivity index (χ1n) is 4.86. The smallest absolute Gasteiger partial charge is 0.0241 e. The summed E-state index contributed by atoms with van der Waals surface area (Å²) in [5.41, 5.74) is 0. The van der Waals surface area contributed by atoms with E-state index in [9.17, 15) is 0 Å². The van der Waals surface area contributed by atoms with Gasteiger partial charge in [0, 0.05) is 12.6 Å². The minimum atomic E-state index is 0.696. The van der Waals surface area contributed by atoms with Gasteiger partial charge >= 0.3 is 0 Å². The third-order valence-electron chi connectivity index (χ3n) is 2.56. The summed E-state index contributed by atoms with van der Waals surface area (Å²) in [5, 5.41) is 2.02. The number of rotatable bonds is 4. The van der Waals surface area contributed by atoms with Gasteiger partial charge in [0.2, 0.25) is 0 Å². The van der Waals surface area contributed by atoms with E-state index < -0.39 is 0 Å². The molecule has 0 amide bonds. The van der Waals surface area contributed by atoms with Crippen LogP contribution in [0.4, 0.5) is 0 Å². The quantitative estimate of drug-likeness (QED) is 0.497. The zero-order valence-electron chi connectivity index (χ0n) is 7.55. The van der Waals surface area contributed by atoms with Gasteiger partial charge in [-0.2, -0.15) is 0 Å². The second-order valence-electron chi connectivity index (χ2n) is 3.53. The summed E-state index contributed by atoms with van der Waals surface area (Å²) in [7, 11) is 0. The highest BCUT2D eigenvalue weighted by molar-refractivity contribution is 4.74. The SMILES string of the molecule is CCCCCC1CCCN1N. The lowest BCUT2D eigenvalue weighted by Crippen LogP contribution is -2.35. The van der Waals surface area contributed by atoms with Gasteiger partial charge in [-0.1, -0.05) is 26.2 Å². The van der Waals surface area contributed by atoms with Gasteiger partial charge in [-0.3, -0.25) is 5.84 Å². The zero-order chi connectivity index (χ0) is 8.10. The zero-order valence-corrected chi connectivity index (χ0v) is 7.55. The van der Waals surface area contributed by atoms with Crippen LogP contribution in [0.1, 0.15) is 45.4 Å². The van der Waals surface area contributed by atoms with Crippen LogP contribution in [0, 0.1) is 0 Å². The molecule has 0 saturated carbocycles. The Kier molecular flexibility index (Phi) is 3.87. The lowest BCUT2D eigenvalue weighted by molar-refractivity contribution is 0.245. The molecular weight excluding hydrogens is 136 g/mol.